The third-order valence-electron chi connectivity index (χ3n) is 1.62. The summed E-state index contributed by atoms with van der Waals surface area (Å²) in [4.78, 5) is 11.0. The van der Waals surface area contributed by atoms with Gasteiger partial charge in [-0.3, -0.25) is 0 Å². The van der Waals surface area contributed by atoms with E-state index >= 15 is 0 Å². The van der Waals surface area contributed by atoms with Gasteiger partial charge in [-0.15, -0.1) is 0 Å². The van der Waals surface area contributed by atoms with Crippen LogP contribution in [0.3, 0.4) is 0 Å². The molecule has 1 aromatic rings. The first-order valence-corrected chi connectivity index (χ1v) is 4.30. The van der Waals surface area contributed by atoms with Crippen molar-refractivity contribution in [3.8, 4) is 0 Å². The molecular weight excluding hydrogens is 191 g/mol. The van der Waals surface area contributed by atoms with Crippen LogP contribution in [0.1, 0.15) is 15.9 Å². The summed E-state index contributed by atoms with van der Waals surface area (Å²) in [5.41, 5.74) is 0.682. The van der Waals surface area contributed by atoms with Crippen molar-refractivity contribution in [1.29, 1.82) is 0 Å². The minimum Gasteiger partial charge on any atom is -0.465 e. The van der Waals surface area contributed by atoms with E-state index in [0.717, 1.165) is 5.56 Å². The highest BCUT2D eigenvalue weighted by Gasteiger charge is 2.11. The van der Waals surface area contributed by atoms with Gasteiger partial charge in [0.2, 0.25) is 0 Å². The molecule has 13 heavy (non-hydrogen) atoms. The van der Waals surface area contributed by atoms with Gasteiger partial charge in [-0.05, 0) is 17.7 Å². The van der Waals surface area contributed by atoms with Crippen LogP contribution in [0.25, 0.3) is 0 Å². The van der Waals surface area contributed by atoms with Gasteiger partial charge in [0.15, 0.2) is 0 Å². The van der Waals surface area contributed by atoms with Gasteiger partial charge in [-0.2, -0.15) is 12.6 Å². The summed E-state index contributed by atoms with van der Waals surface area (Å²) in [6, 6.07) is 4.31. The first-order chi connectivity index (χ1) is 6.19. The molecule has 0 bridgehead atoms. The largest absolute Gasteiger partial charge is 0.465 e. The Labute approximate surface area is 81.1 Å². The summed E-state index contributed by atoms with van der Waals surface area (Å²) in [5.74, 6) is -0.792. The third kappa shape index (κ3) is 2.21. The molecule has 0 aliphatic heterocycles. The smallest absolute Gasteiger partial charge is 0.340 e. The average molecular weight is 200 g/mol. The van der Waals surface area contributed by atoms with Crippen molar-refractivity contribution >= 4 is 18.6 Å². The molecular formula is C9H9FO2S. The van der Waals surface area contributed by atoms with E-state index in [1.54, 1.807) is 6.07 Å². The van der Waals surface area contributed by atoms with Crippen LogP contribution in [0.15, 0.2) is 18.2 Å². The summed E-state index contributed by atoms with van der Waals surface area (Å²) in [6.07, 6.45) is 0. The lowest BCUT2D eigenvalue weighted by molar-refractivity contribution is 0.0595. The summed E-state index contributed by atoms with van der Waals surface area (Å²) in [6.45, 7) is 0. The molecule has 0 saturated heterocycles. The molecule has 0 amide bonds. The fourth-order valence-electron chi connectivity index (χ4n) is 0.932. The van der Waals surface area contributed by atoms with Crippen LogP contribution in [-0.4, -0.2) is 13.1 Å². The van der Waals surface area contributed by atoms with Crippen LogP contribution in [0.5, 0.6) is 0 Å². The quantitative estimate of drug-likeness (QED) is 0.584. The first kappa shape index (κ1) is 10.1. The molecule has 0 heterocycles. The molecule has 1 rings (SSSR count). The maximum Gasteiger partial charge on any atom is 0.340 e. The first-order valence-electron chi connectivity index (χ1n) is 3.66. The standard InChI is InChI=1S/C9H9FO2S/c1-12-9(11)7-3-2-6(5-13)4-8(7)10/h2-4,13H,5H2,1H3. The van der Waals surface area contributed by atoms with Gasteiger partial charge in [0.25, 0.3) is 0 Å². The van der Waals surface area contributed by atoms with Crippen LogP contribution < -0.4 is 0 Å². The fourth-order valence-corrected chi connectivity index (χ4v) is 1.13. The van der Waals surface area contributed by atoms with Crippen LogP contribution >= 0.6 is 12.6 Å². The number of ether oxygens (including phenoxy) is 1. The van der Waals surface area contributed by atoms with Gasteiger partial charge in [0.05, 0.1) is 12.7 Å². The minimum atomic E-state index is -0.664. The van der Waals surface area contributed by atoms with Crippen LogP contribution in [0.2, 0.25) is 0 Å². The van der Waals surface area contributed by atoms with Crippen LogP contribution in [-0.2, 0) is 10.5 Å². The van der Waals surface area contributed by atoms with E-state index in [0.29, 0.717) is 5.75 Å². The fraction of sp³-hybridized carbons (Fsp3) is 0.222. The van der Waals surface area contributed by atoms with Gasteiger partial charge in [0, 0.05) is 5.75 Å². The van der Waals surface area contributed by atoms with E-state index < -0.39 is 11.8 Å². The number of carbonyl (C=O) groups excluding carboxylic acids is 1. The Hall–Kier alpha value is -1.03. The monoisotopic (exact) mass is 200 g/mol. The molecule has 2 nitrogen and oxygen atoms in total. The van der Waals surface area contributed by atoms with Crippen molar-refractivity contribution in [2.24, 2.45) is 0 Å². The maximum atomic E-state index is 13.1. The number of methoxy groups -OCH3 is 1. The number of halogens is 1. The molecule has 0 aliphatic carbocycles. The number of hydrogen-bond donors (Lipinski definition) is 1. The Morgan fingerprint density at radius 3 is 2.77 bits per heavy atom. The molecule has 0 unspecified atom stereocenters. The molecule has 0 fully saturated rings. The number of thiol groups is 1. The van der Waals surface area contributed by atoms with E-state index in [4.69, 9.17) is 0 Å². The van der Waals surface area contributed by atoms with Crippen molar-refractivity contribution in [3.05, 3.63) is 35.1 Å². The summed E-state index contributed by atoms with van der Waals surface area (Å²) in [7, 11) is 1.22. The lowest BCUT2D eigenvalue weighted by Crippen LogP contribution is -2.04. The lowest BCUT2D eigenvalue weighted by Gasteiger charge is -2.02. The van der Waals surface area contributed by atoms with Crippen molar-refractivity contribution in [2.75, 3.05) is 7.11 Å². The van der Waals surface area contributed by atoms with Crippen LogP contribution in [0.4, 0.5) is 4.39 Å². The number of esters is 1. The van der Waals surface area contributed by atoms with Gasteiger partial charge >= 0.3 is 5.97 Å². The molecule has 0 spiro atoms. The van der Waals surface area contributed by atoms with Crippen molar-refractivity contribution in [2.45, 2.75) is 5.75 Å². The Balaban J connectivity index is 3.05. The maximum absolute atomic E-state index is 13.1. The third-order valence-corrected chi connectivity index (χ3v) is 1.99. The summed E-state index contributed by atoms with van der Waals surface area (Å²) >= 11 is 3.98. The average Bonchev–Trinajstić information content (AvgIpc) is 2.16. The van der Waals surface area contributed by atoms with Gasteiger partial charge in [0.1, 0.15) is 5.82 Å². The molecule has 0 aliphatic rings. The predicted octanol–water partition coefficient (Wildman–Crippen LogP) is 2.04. The van der Waals surface area contributed by atoms with E-state index in [9.17, 15) is 9.18 Å². The zero-order valence-corrected chi connectivity index (χ0v) is 7.98. The Kier molecular flexibility index (Phi) is 3.31. The molecule has 0 aromatic heterocycles. The molecule has 4 heteroatoms. The van der Waals surface area contributed by atoms with Crippen molar-refractivity contribution in [1.82, 2.24) is 0 Å². The highest BCUT2D eigenvalue weighted by molar-refractivity contribution is 7.79. The van der Waals surface area contributed by atoms with E-state index in [1.807, 2.05) is 0 Å². The summed E-state index contributed by atoms with van der Waals surface area (Å²) < 4.78 is 17.5. The Morgan fingerprint density at radius 2 is 2.31 bits per heavy atom. The van der Waals surface area contributed by atoms with E-state index in [1.165, 1.54) is 19.2 Å². The Bertz CT molecular complexity index is 325. The molecule has 0 atom stereocenters. The molecule has 1 aromatic carbocycles. The highest BCUT2D eigenvalue weighted by Crippen LogP contribution is 2.12. The zero-order chi connectivity index (χ0) is 9.84. The van der Waals surface area contributed by atoms with Gasteiger partial charge in [-0.25, -0.2) is 9.18 Å². The Morgan fingerprint density at radius 1 is 1.62 bits per heavy atom. The van der Waals surface area contributed by atoms with Crippen molar-refractivity contribution < 1.29 is 13.9 Å². The van der Waals surface area contributed by atoms with Gasteiger partial charge in [-0.1, -0.05) is 6.07 Å². The molecule has 0 radical (unpaired) electrons. The predicted molar refractivity (Wildman–Crippen MR) is 50.4 cm³/mol. The van der Waals surface area contributed by atoms with E-state index in [-0.39, 0.29) is 5.56 Å². The number of hydrogen-bond acceptors (Lipinski definition) is 3. The van der Waals surface area contributed by atoms with E-state index in [2.05, 4.69) is 17.4 Å². The zero-order valence-electron chi connectivity index (χ0n) is 7.08. The highest BCUT2D eigenvalue weighted by atomic mass is 32.1. The normalized spacial score (nSPS) is 9.77. The topological polar surface area (TPSA) is 26.3 Å². The summed E-state index contributed by atoms with van der Waals surface area (Å²) in [5, 5.41) is 0. The minimum absolute atomic E-state index is 0.0481. The molecule has 0 N–H and O–H groups in total. The second kappa shape index (κ2) is 4.28. The lowest BCUT2D eigenvalue weighted by atomic mass is 10.1. The molecule has 0 saturated carbocycles. The second-order valence-corrected chi connectivity index (χ2v) is 2.78. The number of rotatable bonds is 2. The number of carbonyl (C=O) groups is 1. The van der Waals surface area contributed by atoms with Crippen LogP contribution in [0, 0.1) is 5.82 Å². The number of benzene rings is 1. The van der Waals surface area contributed by atoms with Crippen molar-refractivity contribution in [3.63, 3.8) is 0 Å². The SMILES string of the molecule is COC(=O)c1ccc(CS)cc1F. The van der Waals surface area contributed by atoms with Gasteiger partial charge < -0.3 is 4.74 Å². The second-order valence-electron chi connectivity index (χ2n) is 2.46. The molecule has 70 valence electrons.